The van der Waals surface area contributed by atoms with Gasteiger partial charge in [0.1, 0.15) is 9.98 Å². The molecule has 3 nitrogen and oxygen atoms in total. The van der Waals surface area contributed by atoms with Gasteiger partial charge >= 0.3 is 0 Å². The number of hydrogen-bond donors (Lipinski definition) is 0. The molecule has 0 saturated carbocycles. The van der Waals surface area contributed by atoms with Gasteiger partial charge in [0.25, 0.3) is 0 Å². The summed E-state index contributed by atoms with van der Waals surface area (Å²) in [5, 5.41) is 3.45. The van der Waals surface area contributed by atoms with Crippen LogP contribution < -0.4 is 4.90 Å². The maximum absolute atomic E-state index is 6.22. The van der Waals surface area contributed by atoms with Gasteiger partial charge in [-0.05, 0) is 48.6 Å². The van der Waals surface area contributed by atoms with Crippen molar-refractivity contribution in [1.29, 1.82) is 0 Å². The van der Waals surface area contributed by atoms with Crippen molar-refractivity contribution in [3.8, 4) is 0 Å². The fourth-order valence-corrected chi connectivity index (χ4v) is 3.49. The Bertz CT molecular complexity index is 777. The van der Waals surface area contributed by atoms with E-state index in [2.05, 4.69) is 46.9 Å². The van der Waals surface area contributed by atoms with E-state index in [1.54, 1.807) is 11.3 Å². The molecule has 0 saturated heterocycles. The normalized spacial score (nSPS) is 11.0. The monoisotopic (exact) mass is 317 g/mol. The molecule has 5 heteroatoms. The summed E-state index contributed by atoms with van der Waals surface area (Å²) in [5.41, 5.74) is 3.67. The van der Waals surface area contributed by atoms with Crippen LogP contribution in [0.5, 0.6) is 0 Å². The predicted molar refractivity (Wildman–Crippen MR) is 90.4 cm³/mol. The van der Waals surface area contributed by atoms with Crippen LogP contribution in [0.15, 0.2) is 29.6 Å². The number of fused-ring (bicyclic) bond motifs is 1. The third-order valence-electron chi connectivity index (χ3n) is 3.35. The summed E-state index contributed by atoms with van der Waals surface area (Å²) >= 11 is 7.81. The lowest BCUT2D eigenvalue weighted by Gasteiger charge is -2.19. The molecule has 0 aliphatic rings. The molecular weight excluding hydrogens is 302 g/mol. The number of aromatic nitrogens is 2. The summed E-state index contributed by atoms with van der Waals surface area (Å²) in [7, 11) is 2.05. The first-order valence-corrected chi connectivity index (χ1v) is 7.98. The van der Waals surface area contributed by atoms with E-state index in [4.69, 9.17) is 11.6 Å². The Labute approximate surface area is 133 Å². The smallest absolute Gasteiger partial charge is 0.151 e. The number of benzene rings is 1. The maximum atomic E-state index is 6.22. The van der Waals surface area contributed by atoms with Gasteiger partial charge in [0.2, 0.25) is 0 Å². The molecule has 108 valence electrons. The first-order chi connectivity index (χ1) is 10.0. The first kappa shape index (κ1) is 14.3. The summed E-state index contributed by atoms with van der Waals surface area (Å²) in [6.45, 7) is 4.85. The summed E-state index contributed by atoms with van der Waals surface area (Å²) in [6.07, 6.45) is 0. The molecule has 21 heavy (non-hydrogen) atoms. The average molecular weight is 318 g/mol. The van der Waals surface area contributed by atoms with E-state index in [1.807, 2.05) is 18.5 Å². The molecule has 0 atom stereocenters. The second-order valence-corrected chi connectivity index (χ2v) is 6.52. The Hall–Kier alpha value is -1.65. The highest BCUT2D eigenvalue weighted by molar-refractivity contribution is 7.16. The Kier molecular flexibility index (Phi) is 3.83. The number of rotatable bonds is 3. The number of anilines is 1. The van der Waals surface area contributed by atoms with Crippen molar-refractivity contribution in [2.24, 2.45) is 0 Å². The van der Waals surface area contributed by atoms with Crippen LogP contribution in [0.4, 0.5) is 5.69 Å². The molecule has 0 aliphatic carbocycles. The maximum Gasteiger partial charge on any atom is 0.151 e. The Morgan fingerprint density at radius 1 is 1.14 bits per heavy atom. The van der Waals surface area contributed by atoms with Gasteiger partial charge in [0, 0.05) is 18.1 Å². The molecule has 0 fully saturated rings. The van der Waals surface area contributed by atoms with Crippen LogP contribution in [0.3, 0.4) is 0 Å². The van der Waals surface area contributed by atoms with Gasteiger partial charge in [-0.25, -0.2) is 9.97 Å². The minimum absolute atomic E-state index is 0.532. The number of hydrogen-bond acceptors (Lipinski definition) is 4. The van der Waals surface area contributed by atoms with Crippen LogP contribution in [-0.4, -0.2) is 17.0 Å². The molecule has 0 N–H and O–H groups in total. The van der Waals surface area contributed by atoms with E-state index in [1.165, 1.54) is 16.8 Å². The number of thiophene rings is 1. The lowest BCUT2D eigenvalue weighted by Crippen LogP contribution is -2.18. The quantitative estimate of drug-likeness (QED) is 0.661. The highest BCUT2D eigenvalue weighted by Gasteiger charge is 2.10. The Morgan fingerprint density at radius 3 is 2.57 bits per heavy atom. The molecule has 0 unspecified atom stereocenters. The van der Waals surface area contributed by atoms with Gasteiger partial charge in [-0.15, -0.1) is 11.3 Å². The van der Waals surface area contributed by atoms with E-state index < -0.39 is 0 Å². The van der Waals surface area contributed by atoms with Crippen LogP contribution in [-0.2, 0) is 6.54 Å². The zero-order valence-electron chi connectivity index (χ0n) is 12.2. The molecule has 0 bridgehead atoms. The van der Waals surface area contributed by atoms with Crippen molar-refractivity contribution < 1.29 is 0 Å². The number of halogens is 1. The van der Waals surface area contributed by atoms with Crippen LogP contribution in [0.25, 0.3) is 10.2 Å². The fourth-order valence-electron chi connectivity index (χ4n) is 2.41. The van der Waals surface area contributed by atoms with Gasteiger partial charge < -0.3 is 4.90 Å². The van der Waals surface area contributed by atoms with Gasteiger partial charge in [0.15, 0.2) is 5.82 Å². The summed E-state index contributed by atoms with van der Waals surface area (Å²) < 4.78 is 0. The molecular formula is C16H16ClN3S. The average Bonchev–Trinajstić information content (AvgIpc) is 2.86. The lowest BCUT2D eigenvalue weighted by atomic mass is 10.1. The largest absolute Gasteiger partial charge is 0.367 e. The van der Waals surface area contributed by atoms with Crippen LogP contribution >= 0.6 is 22.9 Å². The van der Waals surface area contributed by atoms with Gasteiger partial charge in [-0.1, -0.05) is 17.7 Å². The fraction of sp³-hybridized carbons (Fsp3) is 0.250. The van der Waals surface area contributed by atoms with Crippen molar-refractivity contribution in [2.45, 2.75) is 20.4 Å². The zero-order valence-corrected chi connectivity index (χ0v) is 13.8. The van der Waals surface area contributed by atoms with Gasteiger partial charge in [-0.2, -0.15) is 0 Å². The third kappa shape index (κ3) is 3.01. The lowest BCUT2D eigenvalue weighted by molar-refractivity contribution is 0.848. The third-order valence-corrected chi connectivity index (χ3v) is 4.45. The van der Waals surface area contributed by atoms with E-state index in [0.29, 0.717) is 11.7 Å². The van der Waals surface area contributed by atoms with Gasteiger partial charge in [0.05, 0.1) is 6.54 Å². The Balaban J connectivity index is 1.90. The molecule has 1 aromatic carbocycles. The topological polar surface area (TPSA) is 29.0 Å². The minimum Gasteiger partial charge on any atom is -0.367 e. The van der Waals surface area contributed by atoms with Crippen molar-refractivity contribution >= 4 is 38.8 Å². The van der Waals surface area contributed by atoms with Crippen molar-refractivity contribution in [2.75, 3.05) is 11.9 Å². The Morgan fingerprint density at radius 2 is 1.86 bits per heavy atom. The number of nitrogens with zero attached hydrogens (tertiary/aromatic N) is 3. The SMILES string of the molecule is Cc1cc(C)cc(N(C)Cc2nc(Cl)c3ccsc3n2)c1. The highest BCUT2D eigenvalue weighted by atomic mass is 35.5. The van der Waals surface area contributed by atoms with Crippen molar-refractivity contribution in [1.82, 2.24) is 9.97 Å². The molecule has 2 aromatic heterocycles. The van der Waals surface area contributed by atoms with Gasteiger partial charge in [-0.3, -0.25) is 0 Å². The standard InChI is InChI=1S/C16H16ClN3S/c1-10-6-11(2)8-12(7-10)20(3)9-14-18-15(17)13-4-5-21-16(13)19-14/h4-8H,9H2,1-3H3. The molecule has 0 spiro atoms. The van der Waals surface area contributed by atoms with E-state index >= 15 is 0 Å². The van der Waals surface area contributed by atoms with Crippen LogP contribution in [0.1, 0.15) is 17.0 Å². The van der Waals surface area contributed by atoms with Crippen LogP contribution in [0, 0.1) is 13.8 Å². The van der Waals surface area contributed by atoms with E-state index in [-0.39, 0.29) is 0 Å². The molecule has 0 aliphatic heterocycles. The minimum atomic E-state index is 0.532. The molecule has 2 heterocycles. The highest BCUT2D eigenvalue weighted by Crippen LogP contribution is 2.26. The van der Waals surface area contributed by atoms with Crippen molar-refractivity contribution in [3.63, 3.8) is 0 Å². The zero-order chi connectivity index (χ0) is 15.0. The molecule has 0 radical (unpaired) electrons. The van der Waals surface area contributed by atoms with Crippen molar-refractivity contribution in [3.05, 3.63) is 51.7 Å². The summed E-state index contributed by atoms with van der Waals surface area (Å²) in [4.78, 5) is 12.1. The second-order valence-electron chi connectivity index (χ2n) is 5.27. The summed E-state index contributed by atoms with van der Waals surface area (Å²) in [5.74, 6) is 0.747. The molecule has 3 aromatic rings. The van der Waals surface area contributed by atoms with Crippen LogP contribution in [0.2, 0.25) is 5.15 Å². The second kappa shape index (κ2) is 5.62. The van der Waals surface area contributed by atoms with E-state index in [0.717, 1.165) is 16.0 Å². The molecule has 3 rings (SSSR count). The molecule has 0 amide bonds. The van der Waals surface area contributed by atoms with E-state index in [9.17, 15) is 0 Å². The predicted octanol–water partition coefficient (Wildman–Crippen LogP) is 4.60. The first-order valence-electron chi connectivity index (χ1n) is 6.72. The summed E-state index contributed by atoms with van der Waals surface area (Å²) in [6, 6.07) is 8.46. The number of aryl methyl sites for hydroxylation is 2.